The zero-order chi connectivity index (χ0) is 9.56. The van der Waals surface area contributed by atoms with Gasteiger partial charge in [-0.25, -0.2) is 0 Å². The highest BCUT2D eigenvalue weighted by molar-refractivity contribution is 5.69. The first-order valence-electron chi connectivity index (χ1n) is 4.24. The van der Waals surface area contributed by atoms with Crippen LogP contribution in [0.15, 0.2) is 0 Å². The van der Waals surface area contributed by atoms with Crippen molar-refractivity contribution in [3.8, 4) is 0 Å². The Morgan fingerprint density at radius 1 is 1.33 bits per heavy atom. The van der Waals surface area contributed by atoms with E-state index in [4.69, 9.17) is 4.74 Å². The largest absolute Gasteiger partial charge is 0.469 e. The van der Waals surface area contributed by atoms with Crippen molar-refractivity contribution in [2.45, 2.75) is 33.3 Å². The van der Waals surface area contributed by atoms with Crippen LogP contribution in [0.25, 0.3) is 0 Å². The smallest absolute Gasteiger partial charge is 0.305 e. The summed E-state index contributed by atoms with van der Waals surface area (Å²) in [5.74, 6) is 0.0645. The number of carbonyl (C=O) groups is 1. The maximum absolute atomic E-state index is 10.8. The van der Waals surface area contributed by atoms with Crippen molar-refractivity contribution in [3.63, 3.8) is 0 Å². The van der Waals surface area contributed by atoms with Crippen LogP contribution in [0, 0.1) is 5.92 Å². The molecular weight excluding hydrogens is 156 g/mol. The fourth-order valence-electron chi connectivity index (χ4n) is 0.783. The molecule has 0 saturated carbocycles. The van der Waals surface area contributed by atoms with Gasteiger partial charge in [0.05, 0.1) is 26.2 Å². The molecule has 3 nitrogen and oxygen atoms in total. The summed E-state index contributed by atoms with van der Waals surface area (Å²) in [5, 5.41) is 0. The van der Waals surface area contributed by atoms with Crippen molar-refractivity contribution in [3.05, 3.63) is 0 Å². The Balaban J connectivity index is 3.45. The fraction of sp³-hybridized carbons (Fsp3) is 0.889. The molecule has 0 aliphatic carbocycles. The van der Waals surface area contributed by atoms with Crippen molar-refractivity contribution in [2.24, 2.45) is 5.92 Å². The zero-order valence-electron chi connectivity index (χ0n) is 8.29. The molecule has 0 heterocycles. The molecule has 0 fully saturated rings. The highest BCUT2D eigenvalue weighted by Crippen LogP contribution is 2.04. The van der Waals surface area contributed by atoms with E-state index in [1.807, 2.05) is 20.8 Å². The van der Waals surface area contributed by atoms with E-state index in [9.17, 15) is 4.79 Å². The van der Waals surface area contributed by atoms with Gasteiger partial charge in [0.2, 0.25) is 0 Å². The van der Waals surface area contributed by atoms with Gasteiger partial charge in [0.25, 0.3) is 0 Å². The van der Waals surface area contributed by atoms with Crippen LogP contribution in [0.5, 0.6) is 0 Å². The molecule has 0 aromatic rings. The van der Waals surface area contributed by atoms with Crippen LogP contribution in [0.4, 0.5) is 0 Å². The zero-order valence-corrected chi connectivity index (χ0v) is 8.29. The van der Waals surface area contributed by atoms with Crippen LogP contribution in [0.1, 0.15) is 27.2 Å². The number of hydrogen-bond donors (Lipinski definition) is 0. The van der Waals surface area contributed by atoms with Gasteiger partial charge in [-0.15, -0.1) is 0 Å². The van der Waals surface area contributed by atoms with Gasteiger partial charge in [0, 0.05) is 0 Å². The van der Waals surface area contributed by atoms with Crippen LogP contribution in [0.3, 0.4) is 0 Å². The van der Waals surface area contributed by atoms with Crippen molar-refractivity contribution in [1.29, 1.82) is 0 Å². The summed E-state index contributed by atoms with van der Waals surface area (Å²) < 4.78 is 9.87. The Bertz CT molecular complexity index is 132. The summed E-state index contributed by atoms with van der Waals surface area (Å²) in [7, 11) is 1.40. The molecule has 0 radical (unpaired) electrons. The van der Waals surface area contributed by atoms with E-state index in [2.05, 4.69) is 4.74 Å². The van der Waals surface area contributed by atoms with E-state index in [0.29, 0.717) is 13.0 Å². The summed E-state index contributed by atoms with van der Waals surface area (Å²) in [6, 6.07) is 0. The molecule has 0 bridgehead atoms. The van der Waals surface area contributed by atoms with E-state index in [1.165, 1.54) is 7.11 Å². The molecule has 0 aromatic carbocycles. The number of carbonyl (C=O) groups excluding carboxylic acids is 1. The van der Waals surface area contributed by atoms with Crippen LogP contribution < -0.4 is 0 Å². The summed E-state index contributed by atoms with van der Waals surface area (Å²) in [6.07, 6.45) is 0.661. The lowest BCUT2D eigenvalue weighted by atomic mass is 10.1. The van der Waals surface area contributed by atoms with E-state index in [-0.39, 0.29) is 18.0 Å². The second kappa shape index (κ2) is 6.00. The lowest BCUT2D eigenvalue weighted by Gasteiger charge is -2.12. The second-order valence-corrected chi connectivity index (χ2v) is 3.27. The predicted octanol–water partition coefficient (Wildman–Crippen LogP) is 1.61. The molecule has 0 N–H and O–H groups in total. The maximum atomic E-state index is 10.8. The van der Waals surface area contributed by atoms with Crippen LogP contribution in [0.2, 0.25) is 0 Å². The molecule has 0 unspecified atom stereocenters. The van der Waals surface area contributed by atoms with Crippen LogP contribution >= 0.6 is 0 Å². The lowest BCUT2D eigenvalue weighted by molar-refractivity contribution is -0.142. The lowest BCUT2D eigenvalue weighted by Crippen LogP contribution is -2.15. The Hall–Kier alpha value is -0.570. The molecule has 72 valence electrons. The predicted molar refractivity (Wildman–Crippen MR) is 46.9 cm³/mol. The number of hydrogen-bond acceptors (Lipinski definition) is 3. The summed E-state index contributed by atoms with van der Waals surface area (Å²) in [5.41, 5.74) is 0. The molecule has 0 spiro atoms. The molecule has 0 amide bonds. The molecule has 0 aliphatic heterocycles. The monoisotopic (exact) mass is 174 g/mol. The van der Waals surface area contributed by atoms with E-state index >= 15 is 0 Å². The molecule has 1 atom stereocenters. The number of rotatable bonds is 5. The van der Waals surface area contributed by atoms with Crippen molar-refractivity contribution in [2.75, 3.05) is 13.7 Å². The minimum atomic E-state index is -0.171. The van der Waals surface area contributed by atoms with Gasteiger partial charge in [-0.3, -0.25) is 4.79 Å². The molecule has 3 heteroatoms. The second-order valence-electron chi connectivity index (χ2n) is 3.27. The fourth-order valence-corrected chi connectivity index (χ4v) is 0.783. The topological polar surface area (TPSA) is 35.5 Å². The molecular formula is C9H18O3. The quantitative estimate of drug-likeness (QED) is 0.594. The van der Waals surface area contributed by atoms with E-state index in [1.54, 1.807) is 0 Å². The van der Waals surface area contributed by atoms with Gasteiger partial charge < -0.3 is 9.47 Å². The third kappa shape index (κ3) is 6.16. The molecule has 0 saturated heterocycles. The Kier molecular flexibility index (Phi) is 5.72. The Morgan fingerprint density at radius 3 is 2.33 bits per heavy atom. The number of methoxy groups -OCH3 is 1. The normalized spacial score (nSPS) is 13.1. The summed E-state index contributed by atoms with van der Waals surface area (Å²) in [4.78, 5) is 10.8. The highest BCUT2D eigenvalue weighted by Gasteiger charge is 2.09. The van der Waals surface area contributed by atoms with E-state index < -0.39 is 0 Å². The van der Waals surface area contributed by atoms with Crippen molar-refractivity contribution in [1.82, 2.24) is 0 Å². The molecule has 0 aromatic heterocycles. The first-order valence-corrected chi connectivity index (χ1v) is 4.24. The number of esters is 1. The third-order valence-electron chi connectivity index (χ3n) is 1.46. The van der Waals surface area contributed by atoms with Crippen molar-refractivity contribution >= 4 is 5.97 Å². The average molecular weight is 174 g/mol. The first kappa shape index (κ1) is 11.4. The molecule has 12 heavy (non-hydrogen) atoms. The van der Waals surface area contributed by atoms with Gasteiger partial charge in [-0.1, -0.05) is 6.92 Å². The SMILES string of the molecule is COC(=O)C[C@H](C)COC(C)C. The third-order valence-corrected chi connectivity index (χ3v) is 1.46. The minimum absolute atomic E-state index is 0.171. The van der Waals surface area contributed by atoms with Crippen LogP contribution in [-0.4, -0.2) is 25.8 Å². The Morgan fingerprint density at radius 2 is 1.92 bits per heavy atom. The molecule has 0 aliphatic rings. The first-order chi connectivity index (χ1) is 5.56. The minimum Gasteiger partial charge on any atom is -0.469 e. The standard InChI is InChI=1S/C9H18O3/c1-7(2)12-6-8(3)5-9(10)11-4/h7-8H,5-6H2,1-4H3/t8-/m0/s1. The van der Waals surface area contributed by atoms with Gasteiger partial charge in [-0.2, -0.15) is 0 Å². The average Bonchev–Trinajstić information content (AvgIpc) is 2.00. The van der Waals surface area contributed by atoms with Gasteiger partial charge in [-0.05, 0) is 19.8 Å². The summed E-state index contributed by atoms with van der Waals surface area (Å²) in [6.45, 7) is 6.54. The molecule has 0 rings (SSSR count). The Labute approximate surface area is 74.0 Å². The van der Waals surface area contributed by atoms with E-state index in [0.717, 1.165) is 0 Å². The van der Waals surface area contributed by atoms with Gasteiger partial charge >= 0.3 is 5.97 Å². The summed E-state index contributed by atoms with van der Waals surface area (Å²) >= 11 is 0. The maximum Gasteiger partial charge on any atom is 0.305 e. The van der Waals surface area contributed by atoms with Crippen LogP contribution in [-0.2, 0) is 14.3 Å². The van der Waals surface area contributed by atoms with Gasteiger partial charge in [0.1, 0.15) is 0 Å². The highest BCUT2D eigenvalue weighted by atomic mass is 16.5. The van der Waals surface area contributed by atoms with Crippen molar-refractivity contribution < 1.29 is 14.3 Å². The number of ether oxygens (including phenoxy) is 2. The van der Waals surface area contributed by atoms with Gasteiger partial charge in [0.15, 0.2) is 0 Å².